The summed E-state index contributed by atoms with van der Waals surface area (Å²) in [6.45, 7) is 0. The van der Waals surface area contributed by atoms with Crippen molar-refractivity contribution in [2.45, 2.75) is 5.41 Å². The Morgan fingerprint density at radius 1 is 0.258 bits per heavy atom. The van der Waals surface area contributed by atoms with Gasteiger partial charge in [0.05, 0.1) is 5.41 Å². The Bertz CT molecular complexity index is 3720. The maximum absolute atomic E-state index is 2.52. The van der Waals surface area contributed by atoms with Gasteiger partial charge in [0.1, 0.15) is 0 Å². The van der Waals surface area contributed by atoms with E-state index in [2.05, 4.69) is 266 Å². The van der Waals surface area contributed by atoms with Gasteiger partial charge < -0.3 is 4.90 Å². The molecule has 0 saturated carbocycles. The van der Waals surface area contributed by atoms with E-state index in [0.717, 1.165) is 17.1 Å². The molecule has 0 fully saturated rings. The van der Waals surface area contributed by atoms with Crippen LogP contribution >= 0.6 is 0 Å². The van der Waals surface area contributed by atoms with E-state index in [-0.39, 0.29) is 0 Å². The van der Waals surface area contributed by atoms with Crippen LogP contribution < -0.4 is 4.90 Å². The monoisotopic (exact) mass is 837 g/mol. The zero-order valence-electron chi connectivity index (χ0n) is 36.3. The third-order valence-electron chi connectivity index (χ3n) is 14.0. The molecule has 66 heavy (non-hydrogen) atoms. The van der Waals surface area contributed by atoms with Crippen LogP contribution in [-0.4, -0.2) is 0 Å². The standard InChI is InChI=1S/C65H43N/c1-5-21-50(22-6-1)65(51-23-7-2-8-24-51)61-32-18-17-29-55(61)56-38-36-49(43-62(56)65)64-58-31-16-15-30-57(58)63(59-41-44-19-13-14-20-45(44)42-60(59)64)48-34-33-47-40-54(37-35-46(47)39-48)66(52-25-9-3-10-26-52)53-27-11-4-12-28-53/h1-43H. The van der Waals surface area contributed by atoms with Crippen molar-refractivity contribution in [2.24, 2.45) is 0 Å². The zero-order chi connectivity index (χ0) is 43.6. The van der Waals surface area contributed by atoms with Gasteiger partial charge in [0.25, 0.3) is 0 Å². The molecule has 0 aliphatic heterocycles. The van der Waals surface area contributed by atoms with Crippen LogP contribution in [0.2, 0.25) is 0 Å². The Hall–Kier alpha value is -8.52. The second kappa shape index (κ2) is 15.3. The average Bonchev–Trinajstić information content (AvgIpc) is 3.69. The molecule has 13 rings (SSSR count). The number of para-hydroxylation sites is 2. The molecule has 0 spiro atoms. The van der Waals surface area contributed by atoms with Gasteiger partial charge in [0.15, 0.2) is 0 Å². The molecule has 0 atom stereocenters. The van der Waals surface area contributed by atoms with Gasteiger partial charge in [0.2, 0.25) is 0 Å². The summed E-state index contributed by atoms with van der Waals surface area (Å²) in [4.78, 5) is 2.33. The SMILES string of the molecule is c1ccc(N(c2ccccc2)c2ccc3cc(-c4c5ccccc5c(-c5ccc6c(c5)C(c5ccccc5)(c5ccccc5)c5ccccc5-6)c5cc6ccccc6cc45)ccc3c2)cc1. The van der Waals surface area contributed by atoms with Crippen LogP contribution in [-0.2, 0) is 5.41 Å². The Morgan fingerprint density at radius 3 is 1.30 bits per heavy atom. The number of anilines is 3. The van der Waals surface area contributed by atoms with E-state index in [0.29, 0.717) is 0 Å². The molecule has 0 unspecified atom stereocenters. The van der Waals surface area contributed by atoms with Gasteiger partial charge in [-0.1, -0.05) is 200 Å². The van der Waals surface area contributed by atoms with Gasteiger partial charge in [-0.15, -0.1) is 0 Å². The van der Waals surface area contributed by atoms with Crippen LogP contribution in [0.3, 0.4) is 0 Å². The highest BCUT2D eigenvalue weighted by Crippen LogP contribution is 2.57. The summed E-state index contributed by atoms with van der Waals surface area (Å²) in [6, 6.07) is 96.5. The largest absolute Gasteiger partial charge is 0.310 e. The fourth-order valence-corrected chi connectivity index (χ4v) is 11.2. The summed E-state index contributed by atoms with van der Waals surface area (Å²) < 4.78 is 0. The number of nitrogens with zero attached hydrogens (tertiary/aromatic N) is 1. The fraction of sp³-hybridized carbons (Fsp3) is 0.0154. The summed E-state index contributed by atoms with van der Waals surface area (Å²) in [6.07, 6.45) is 0. The molecule has 0 N–H and O–H groups in total. The highest BCUT2D eigenvalue weighted by molar-refractivity contribution is 6.24. The summed E-state index contributed by atoms with van der Waals surface area (Å²) in [5.41, 5.74) is 15.6. The van der Waals surface area contributed by atoms with Crippen LogP contribution in [0.4, 0.5) is 17.1 Å². The Kier molecular flexibility index (Phi) is 8.82. The van der Waals surface area contributed by atoms with E-state index in [9.17, 15) is 0 Å². The Morgan fingerprint density at radius 2 is 0.697 bits per heavy atom. The van der Waals surface area contributed by atoms with Crippen molar-refractivity contribution >= 4 is 60.2 Å². The van der Waals surface area contributed by atoms with Crippen LogP contribution in [0.25, 0.3) is 76.5 Å². The minimum atomic E-state index is -0.493. The second-order valence-electron chi connectivity index (χ2n) is 17.6. The van der Waals surface area contributed by atoms with Crippen LogP contribution in [0.15, 0.2) is 261 Å². The van der Waals surface area contributed by atoms with Crippen LogP contribution in [0.5, 0.6) is 0 Å². The first-order valence-corrected chi connectivity index (χ1v) is 22.9. The lowest BCUT2D eigenvalue weighted by molar-refractivity contribution is 0.769. The summed E-state index contributed by atoms with van der Waals surface area (Å²) in [5, 5.41) is 9.85. The summed E-state index contributed by atoms with van der Waals surface area (Å²) in [5.74, 6) is 0. The molecule has 0 amide bonds. The van der Waals surface area contributed by atoms with E-state index in [1.807, 2.05) is 0 Å². The molecular formula is C65H43N. The van der Waals surface area contributed by atoms with Crippen molar-refractivity contribution in [1.29, 1.82) is 0 Å². The quantitative estimate of drug-likeness (QED) is 0.145. The van der Waals surface area contributed by atoms with Gasteiger partial charge in [-0.2, -0.15) is 0 Å². The maximum atomic E-state index is 2.52. The number of fused-ring (bicyclic) bond motifs is 7. The van der Waals surface area contributed by atoms with Gasteiger partial charge in [-0.25, -0.2) is 0 Å². The summed E-state index contributed by atoms with van der Waals surface area (Å²) >= 11 is 0. The molecular weight excluding hydrogens is 795 g/mol. The number of hydrogen-bond donors (Lipinski definition) is 0. The molecule has 12 aromatic rings. The molecule has 0 aromatic heterocycles. The highest BCUT2D eigenvalue weighted by Gasteiger charge is 2.46. The van der Waals surface area contributed by atoms with Crippen molar-refractivity contribution in [3.05, 3.63) is 283 Å². The highest BCUT2D eigenvalue weighted by atomic mass is 15.1. The molecule has 0 heterocycles. The lowest BCUT2D eigenvalue weighted by Gasteiger charge is -2.34. The summed E-state index contributed by atoms with van der Waals surface area (Å²) in [7, 11) is 0. The van der Waals surface area contributed by atoms with E-state index >= 15 is 0 Å². The Labute approximate surface area is 385 Å². The zero-order valence-corrected chi connectivity index (χ0v) is 36.3. The first-order chi connectivity index (χ1) is 32.7. The lowest BCUT2D eigenvalue weighted by Crippen LogP contribution is -2.28. The Balaban J connectivity index is 1.04. The smallest absolute Gasteiger partial charge is 0.0713 e. The molecule has 1 heteroatoms. The van der Waals surface area contributed by atoms with Crippen molar-refractivity contribution in [1.82, 2.24) is 0 Å². The lowest BCUT2D eigenvalue weighted by atomic mass is 9.67. The molecule has 1 aliphatic carbocycles. The predicted octanol–water partition coefficient (Wildman–Crippen LogP) is 17.5. The van der Waals surface area contributed by atoms with E-state index < -0.39 is 5.41 Å². The second-order valence-corrected chi connectivity index (χ2v) is 17.6. The number of hydrogen-bond acceptors (Lipinski definition) is 1. The average molecular weight is 838 g/mol. The van der Waals surface area contributed by atoms with Gasteiger partial charge in [-0.3, -0.25) is 0 Å². The molecule has 308 valence electrons. The van der Waals surface area contributed by atoms with Crippen molar-refractivity contribution in [3.63, 3.8) is 0 Å². The van der Waals surface area contributed by atoms with Crippen molar-refractivity contribution in [2.75, 3.05) is 4.90 Å². The first kappa shape index (κ1) is 38.0. The van der Waals surface area contributed by atoms with Gasteiger partial charge >= 0.3 is 0 Å². The minimum Gasteiger partial charge on any atom is -0.310 e. The van der Waals surface area contributed by atoms with Crippen LogP contribution in [0, 0.1) is 0 Å². The van der Waals surface area contributed by atoms with Crippen LogP contribution in [0.1, 0.15) is 22.3 Å². The van der Waals surface area contributed by atoms with E-state index in [1.54, 1.807) is 0 Å². The molecule has 1 aliphatic rings. The normalized spacial score (nSPS) is 12.7. The van der Waals surface area contributed by atoms with E-state index in [1.165, 1.54) is 98.7 Å². The number of benzene rings is 12. The molecule has 0 bridgehead atoms. The third kappa shape index (κ3) is 5.87. The van der Waals surface area contributed by atoms with E-state index in [4.69, 9.17) is 0 Å². The maximum Gasteiger partial charge on any atom is 0.0713 e. The molecule has 1 nitrogen and oxygen atoms in total. The van der Waals surface area contributed by atoms with Gasteiger partial charge in [0, 0.05) is 17.1 Å². The molecule has 0 saturated heterocycles. The topological polar surface area (TPSA) is 3.24 Å². The molecule has 0 radical (unpaired) electrons. The third-order valence-corrected chi connectivity index (χ3v) is 14.0. The minimum absolute atomic E-state index is 0.493. The van der Waals surface area contributed by atoms with Gasteiger partial charge in [-0.05, 0) is 159 Å². The molecule has 12 aromatic carbocycles. The first-order valence-electron chi connectivity index (χ1n) is 22.9. The number of rotatable bonds is 7. The predicted molar refractivity (Wildman–Crippen MR) is 279 cm³/mol. The fourth-order valence-electron chi connectivity index (χ4n) is 11.2. The van der Waals surface area contributed by atoms with Crippen molar-refractivity contribution in [3.8, 4) is 33.4 Å². The van der Waals surface area contributed by atoms with Crippen molar-refractivity contribution < 1.29 is 0 Å².